The number of nitrogens with two attached hydrogens (primary N) is 1. The number of aromatic nitrogens is 3. The zero-order valence-electron chi connectivity index (χ0n) is 17.7. The molecule has 0 bridgehead atoms. The molecule has 2 aromatic heterocycles. The highest BCUT2D eigenvalue weighted by atomic mass is 35.5. The molecule has 0 spiro atoms. The first-order valence-corrected chi connectivity index (χ1v) is 11.2. The van der Waals surface area contributed by atoms with Crippen LogP contribution in [0.5, 0.6) is 0 Å². The number of fused-ring (bicyclic) bond motifs is 1. The number of anilines is 2. The second-order valence-corrected chi connectivity index (χ2v) is 8.90. The SMILES string of the molecule is Cl.NC1=N[C@@]2(c3cccc(NC(=O)c4ccc(F)cn4)c3)CN(c3ncc(F)cn3)C[C@H]2CS1. The van der Waals surface area contributed by atoms with Crippen molar-refractivity contribution in [2.45, 2.75) is 5.54 Å². The number of amides is 1. The number of nitrogens with one attached hydrogen (secondary N) is 1. The molecule has 1 saturated heterocycles. The first-order chi connectivity index (χ1) is 15.9. The van der Waals surface area contributed by atoms with Crippen molar-refractivity contribution in [3.8, 4) is 0 Å². The van der Waals surface area contributed by atoms with E-state index in [1.807, 2.05) is 23.1 Å². The molecule has 5 rings (SSSR count). The van der Waals surface area contributed by atoms with Gasteiger partial charge in [0.05, 0.1) is 25.1 Å². The summed E-state index contributed by atoms with van der Waals surface area (Å²) in [4.78, 5) is 31.4. The molecule has 1 amide bonds. The van der Waals surface area contributed by atoms with Crippen LogP contribution in [-0.4, -0.2) is 44.9 Å². The molecule has 3 aromatic rings. The number of carbonyl (C=O) groups is 1. The zero-order chi connectivity index (χ0) is 23.0. The molecular weight excluding hydrogens is 484 g/mol. The third-order valence-corrected chi connectivity index (χ3v) is 6.72. The Hall–Kier alpha value is -3.31. The molecule has 8 nitrogen and oxygen atoms in total. The van der Waals surface area contributed by atoms with Crippen molar-refractivity contribution in [3.63, 3.8) is 0 Å². The van der Waals surface area contributed by atoms with Gasteiger partial charge in [-0.25, -0.2) is 28.7 Å². The lowest BCUT2D eigenvalue weighted by Crippen LogP contribution is -2.40. The summed E-state index contributed by atoms with van der Waals surface area (Å²) in [6.07, 6.45) is 3.28. The fraction of sp³-hybridized carbons (Fsp3) is 0.227. The van der Waals surface area contributed by atoms with E-state index >= 15 is 0 Å². The number of hydrogen-bond acceptors (Lipinski definition) is 8. The lowest BCUT2D eigenvalue weighted by Gasteiger charge is -2.34. The molecule has 0 aliphatic carbocycles. The molecule has 2 aliphatic heterocycles. The van der Waals surface area contributed by atoms with E-state index in [-0.39, 0.29) is 24.0 Å². The lowest BCUT2D eigenvalue weighted by atomic mass is 9.81. The summed E-state index contributed by atoms with van der Waals surface area (Å²) in [5.41, 5.74) is 7.01. The summed E-state index contributed by atoms with van der Waals surface area (Å²) in [7, 11) is 0. The number of thioether (sulfide) groups is 1. The van der Waals surface area contributed by atoms with Crippen molar-refractivity contribution in [1.82, 2.24) is 15.0 Å². The highest BCUT2D eigenvalue weighted by molar-refractivity contribution is 8.13. The summed E-state index contributed by atoms with van der Waals surface area (Å²) < 4.78 is 26.4. The topological polar surface area (TPSA) is 109 Å². The van der Waals surface area contributed by atoms with Crippen molar-refractivity contribution in [1.29, 1.82) is 0 Å². The minimum absolute atomic E-state index is 0. The van der Waals surface area contributed by atoms with Crippen molar-refractivity contribution < 1.29 is 13.6 Å². The number of hydrogen-bond donors (Lipinski definition) is 2. The van der Waals surface area contributed by atoms with Gasteiger partial charge in [0.15, 0.2) is 11.0 Å². The molecule has 1 aromatic carbocycles. The molecule has 3 N–H and O–H groups in total. The number of halogens is 3. The van der Waals surface area contributed by atoms with Gasteiger partial charge in [-0.05, 0) is 29.8 Å². The minimum Gasteiger partial charge on any atom is -0.379 e. The molecule has 1 fully saturated rings. The van der Waals surface area contributed by atoms with Gasteiger partial charge in [0, 0.05) is 23.9 Å². The van der Waals surface area contributed by atoms with E-state index in [0.29, 0.717) is 29.9 Å². The van der Waals surface area contributed by atoms with E-state index in [9.17, 15) is 13.6 Å². The molecule has 4 heterocycles. The molecule has 34 heavy (non-hydrogen) atoms. The summed E-state index contributed by atoms with van der Waals surface area (Å²) in [5, 5.41) is 3.29. The van der Waals surface area contributed by atoms with Crippen LogP contribution in [0.1, 0.15) is 16.1 Å². The van der Waals surface area contributed by atoms with Crippen LogP contribution < -0.4 is 16.0 Å². The quantitative estimate of drug-likeness (QED) is 0.562. The van der Waals surface area contributed by atoms with E-state index in [1.54, 1.807) is 6.07 Å². The van der Waals surface area contributed by atoms with Crippen LogP contribution in [-0.2, 0) is 5.54 Å². The smallest absolute Gasteiger partial charge is 0.274 e. The van der Waals surface area contributed by atoms with Gasteiger partial charge in [-0.3, -0.25) is 4.79 Å². The van der Waals surface area contributed by atoms with Crippen LogP contribution in [0.4, 0.5) is 20.4 Å². The highest BCUT2D eigenvalue weighted by Gasteiger charge is 2.50. The maximum atomic E-state index is 13.3. The van der Waals surface area contributed by atoms with Gasteiger partial charge in [-0.2, -0.15) is 0 Å². The Balaban J connectivity index is 0.00000274. The number of nitrogens with zero attached hydrogens (tertiary/aromatic N) is 5. The Kier molecular flexibility index (Phi) is 6.67. The second kappa shape index (κ2) is 9.51. The van der Waals surface area contributed by atoms with Crippen LogP contribution in [0, 0.1) is 17.6 Å². The van der Waals surface area contributed by atoms with Crippen molar-refractivity contribution in [3.05, 3.63) is 77.9 Å². The number of pyridine rings is 1. The lowest BCUT2D eigenvalue weighted by molar-refractivity contribution is 0.102. The Bertz CT molecular complexity index is 1230. The summed E-state index contributed by atoms with van der Waals surface area (Å²) >= 11 is 1.49. The largest absolute Gasteiger partial charge is 0.379 e. The monoisotopic (exact) mass is 503 g/mol. The number of amidine groups is 1. The number of benzene rings is 1. The van der Waals surface area contributed by atoms with Gasteiger partial charge in [0.2, 0.25) is 5.95 Å². The summed E-state index contributed by atoms with van der Waals surface area (Å²) in [6, 6.07) is 9.90. The number of aliphatic imine (C=N–C) groups is 1. The van der Waals surface area contributed by atoms with Crippen molar-refractivity contribution in [2.24, 2.45) is 16.6 Å². The summed E-state index contributed by atoms with van der Waals surface area (Å²) in [6.45, 7) is 1.09. The maximum absolute atomic E-state index is 13.3. The Morgan fingerprint density at radius 2 is 1.88 bits per heavy atom. The van der Waals surface area contributed by atoms with Crippen molar-refractivity contribution >= 4 is 46.9 Å². The molecule has 176 valence electrons. The summed E-state index contributed by atoms with van der Waals surface area (Å²) in [5.74, 6) is -0.175. The predicted octanol–water partition coefficient (Wildman–Crippen LogP) is 3.22. The molecular formula is C22H20ClF2N7OS. The third kappa shape index (κ3) is 4.53. The fourth-order valence-corrected chi connectivity index (χ4v) is 5.20. The van der Waals surface area contributed by atoms with E-state index in [0.717, 1.165) is 29.9 Å². The third-order valence-electron chi connectivity index (χ3n) is 5.76. The van der Waals surface area contributed by atoms with E-state index in [1.165, 1.54) is 23.9 Å². The second-order valence-electron chi connectivity index (χ2n) is 7.86. The van der Waals surface area contributed by atoms with E-state index in [4.69, 9.17) is 10.7 Å². The average molecular weight is 504 g/mol. The molecule has 0 unspecified atom stereocenters. The molecule has 0 radical (unpaired) electrons. The van der Waals surface area contributed by atoms with Gasteiger partial charge < -0.3 is 16.0 Å². The van der Waals surface area contributed by atoms with Gasteiger partial charge in [0.25, 0.3) is 5.91 Å². The van der Waals surface area contributed by atoms with Crippen LogP contribution >= 0.6 is 24.2 Å². The van der Waals surface area contributed by atoms with Crippen molar-refractivity contribution in [2.75, 3.05) is 29.1 Å². The van der Waals surface area contributed by atoms with Crippen LogP contribution in [0.3, 0.4) is 0 Å². The Labute approximate surface area is 204 Å². The van der Waals surface area contributed by atoms with Crippen LogP contribution in [0.25, 0.3) is 0 Å². The molecule has 12 heteroatoms. The molecule has 2 atom stereocenters. The number of rotatable bonds is 4. The normalized spacial score (nSPS) is 21.3. The minimum atomic E-state index is -0.665. The van der Waals surface area contributed by atoms with Crippen LogP contribution in [0.15, 0.2) is 60.0 Å². The Morgan fingerprint density at radius 1 is 1.12 bits per heavy atom. The van der Waals surface area contributed by atoms with E-state index < -0.39 is 23.1 Å². The highest BCUT2D eigenvalue weighted by Crippen LogP contribution is 2.46. The van der Waals surface area contributed by atoms with Gasteiger partial charge >= 0.3 is 0 Å². The van der Waals surface area contributed by atoms with Crippen LogP contribution in [0.2, 0.25) is 0 Å². The van der Waals surface area contributed by atoms with Gasteiger partial charge in [0.1, 0.15) is 17.1 Å². The number of carbonyl (C=O) groups excluding carboxylic acids is 1. The molecule has 0 saturated carbocycles. The van der Waals surface area contributed by atoms with Gasteiger partial charge in [-0.15, -0.1) is 12.4 Å². The molecule has 2 aliphatic rings. The average Bonchev–Trinajstić information content (AvgIpc) is 3.20. The maximum Gasteiger partial charge on any atom is 0.274 e. The zero-order valence-corrected chi connectivity index (χ0v) is 19.3. The first kappa shape index (κ1) is 23.8. The Morgan fingerprint density at radius 3 is 2.62 bits per heavy atom. The van der Waals surface area contributed by atoms with Gasteiger partial charge in [-0.1, -0.05) is 23.9 Å². The van der Waals surface area contributed by atoms with E-state index in [2.05, 4.69) is 20.3 Å². The predicted molar refractivity (Wildman–Crippen MR) is 129 cm³/mol. The fourth-order valence-electron chi connectivity index (χ4n) is 4.22. The first-order valence-electron chi connectivity index (χ1n) is 10.2. The standard InChI is InChI=1S/C22H19F2N7OS.ClH/c23-15-4-5-18(26-7-15)19(32)29-17-3-1-2-13(6-17)22-12-31(21-27-8-16(24)9-28-21)10-14(22)11-33-20(25)30-22;/h1-9,14H,10-12H2,(H2,25,30)(H,29,32);1H/t14-,22+;/m0./s1.